The van der Waals surface area contributed by atoms with Gasteiger partial charge in [0.05, 0.1) is 11.9 Å². The highest BCUT2D eigenvalue weighted by molar-refractivity contribution is 7.91. The molecule has 31 heavy (non-hydrogen) atoms. The summed E-state index contributed by atoms with van der Waals surface area (Å²) in [4.78, 5) is 22.5. The number of aromatic nitrogens is 2. The molecule has 0 unspecified atom stereocenters. The number of aliphatic hydroxyl groups is 1. The van der Waals surface area contributed by atoms with Crippen LogP contribution in [0.1, 0.15) is 28.5 Å². The number of hydrogen-bond acceptors (Lipinski definition) is 8. The molecular formula is C21H29N5O4S. The van der Waals surface area contributed by atoms with E-state index < -0.39 is 21.8 Å². The van der Waals surface area contributed by atoms with Gasteiger partial charge in [-0.25, -0.2) is 18.4 Å². The van der Waals surface area contributed by atoms with Crippen LogP contribution in [-0.2, 0) is 22.8 Å². The smallest absolute Gasteiger partial charge is 0.270 e. The van der Waals surface area contributed by atoms with Crippen LogP contribution in [0.15, 0.2) is 36.7 Å². The van der Waals surface area contributed by atoms with E-state index >= 15 is 0 Å². The number of nitrogens with one attached hydrogen (secondary N) is 2. The van der Waals surface area contributed by atoms with Gasteiger partial charge in [-0.15, -0.1) is 0 Å². The zero-order valence-electron chi connectivity index (χ0n) is 17.6. The number of carbonyl (C=O) groups is 1. The summed E-state index contributed by atoms with van der Waals surface area (Å²) in [6.07, 6.45) is 1.49. The van der Waals surface area contributed by atoms with Gasteiger partial charge in [-0.2, -0.15) is 0 Å². The third-order valence-corrected chi connectivity index (χ3v) is 6.94. The van der Waals surface area contributed by atoms with Gasteiger partial charge < -0.3 is 15.7 Å². The lowest BCUT2D eigenvalue weighted by molar-refractivity contribution is 0.0838. The molecule has 1 atom stereocenters. The third kappa shape index (κ3) is 6.98. The molecule has 0 saturated carbocycles. The Morgan fingerprint density at radius 2 is 2.03 bits per heavy atom. The Labute approximate surface area is 182 Å². The average molecular weight is 448 g/mol. The fraction of sp³-hybridized carbons (Fsp3) is 0.476. The van der Waals surface area contributed by atoms with E-state index in [-0.39, 0.29) is 30.3 Å². The minimum atomic E-state index is -3.08. The van der Waals surface area contributed by atoms with Crippen LogP contribution < -0.4 is 10.6 Å². The number of rotatable bonds is 10. The van der Waals surface area contributed by atoms with Crippen LogP contribution in [0.2, 0.25) is 0 Å². The van der Waals surface area contributed by atoms with E-state index in [0.717, 1.165) is 19.5 Å². The molecule has 10 heteroatoms. The highest BCUT2D eigenvalue weighted by Crippen LogP contribution is 2.18. The Morgan fingerprint density at radius 1 is 1.26 bits per heavy atom. The topological polar surface area (TPSA) is 125 Å². The van der Waals surface area contributed by atoms with Gasteiger partial charge >= 0.3 is 0 Å². The summed E-state index contributed by atoms with van der Waals surface area (Å²) in [7, 11) is -3.08. The lowest BCUT2D eigenvalue weighted by Gasteiger charge is -2.30. The summed E-state index contributed by atoms with van der Waals surface area (Å²) < 4.78 is 23.1. The number of hydrogen-bond donors (Lipinski definition) is 3. The number of sulfone groups is 1. The molecule has 2 aromatic rings. The number of fused-ring (bicyclic) bond motifs is 1. The van der Waals surface area contributed by atoms with Crippen molar-refractivity contribution in [1.82, 2.24) is 20.2 Å². The number of β-amino-alcohol motifs (C(OH)–C–C–N with tert-alkyl or cyclic N) is 1. The molecule has 1 amide bonds. The Morgan fingerprint density at radius 3 is 2.81 bits per heavy atom. The predicted octanol–water partition coefficient (Wildman–Crippen LogP) is 0.472. The van der Waals surface area contributed by atoms with E-state index in [1.54, 1.807) is 6.92 Å². The maximum atomic E-state index is 12.4. The van der Waals surface area contributed by atoms with Crippen molar-refractivity contribution in [2.24, 2.45) is 0 Å². The molecule has 0 aliphatic carbocycles. The fourth-order valence-corrected chi connectivity index (χ4v) is 4.13. The Kier molecular flexibility index (Phi) is 7.94. The molecule has 1 aliphatic rings. The van der Waals surface area contributed by atoms with Crippen molar-refractivity contribution < 1.29 is 18.3 Å². The van der Waals surface area contributed by atoms with E-state index in [0.29, 0.717) is 12.4 Å². The fourth-order valence-electron chi connectivity index (χ4n) is 3.43. The minimum Gasteiger partial charge on any atom is -0.390 e. The first-order valence-electron chi connectivity index (χ1n) is 10.4. The molecule has 1 aromatic heterocycles. The minimum absolute atomic E-state index is 0.0117. The second-order valence-corrected chi connectivity index (χ2v) is 10.0. The monoisotopic (exact) mass is 447 g/mol. The second-order valence-electron chi connectivity index (χ2n) is 7.57. The molecule has 2 heterocycles. The molecule has 0 bridgehead atoms. The summed E-state index contributed by atoms with van der Waals surface area (Å²) >= 11 is 0. The van der Waals surface area contributed by atoms with E-state index in [4.69, 9.17) is 0 Å². The van der Waals surface area contributed by atoms with Crippen molar-refractivity contribution in [2.45, 2.75) is 26.0 Å². The molecule has 9 nitrogen and oxygen atoms in total. The zero-order valence-corrected chi connectivity index (χ0v) is 18.4. The Hall–Kier alpha value is -2.56. The van der Waals surface area contributed by atoms with E-state index in [9.17, 15) is 18.3 Å². The van der Waals surface area contributed by atoms with Crippen molar-refractivity contribution in [3.8, 4) is 0 Å². The van der Waals surface area contributed by atoms with Gasteiger partial charge in [-0.3, -0.25) is 9.69 Å². The zero-order chi connectivity index (χ0) is 22.3. The maximum Gasteiger partial charge on any atom is 0.270 e. The number of amides is 1. The summed E-state index contributed by atoms with van der Waals surface area (Å²) in [5.41, 5.74) is 2.77. The van der Waals surface area contributed by atoms with Gasteiger partial charge in [0, 0.05) is 44.5 Å². The second kappa shape index (κ2) is 10.7. The summed E-state index contributed by atoms with van der Waals surface area (Å²) in [5, 5.41) is 15.9. The van der Waals surface area contributed by atoms with Crippen molar-refractivity contribution in [3.63, 3.8) is 0 Å². The van der Waals surface area contributed by atoms with Gasteiger partial charge in [-0.1, -0.05) is 31.2 Å². The van der Waals surface area contributed by atoms with Crippen LogP contribution in [0.25, 0.3) is 0 Å². The standard InChI is InChI=1S/C21H29N5O4S/c1-2-31(29,30)10-8-22-20-11-19(24-15-25-20)21(28)23-12-18(27)14-26-9-7-16-5-3-4-6-17(16)13-26/h3-6,11,15,18,27H,2,7-10,12-14H2,1H3,(H,23,28)(H,22,24,25)/t18-/m0/s1. The molecule has 0 spiro atoms. The van der Waals surface area contributed by atoms with Crippen LogP contribution in [0.4, 0.5) is 5.82 Å². The van der Waals surface area contributed by atoms with Gasteiger partial charge in [0.1, 0.15) is 17.8 Å². The normalized spacial score (nSPS) is 15.2. The van der Waals surface area contributed by atoms with Crippen molar-refractivity contribution in [3.05, 3.63) is 53.5 Å². The number of carbonyl (C=O) groups excluding carboxylic acids is 1. The summed E-state index contributed by atoms with van der Waals surface area (Å²) in [6, 6.07) is 9.76. The third-order valence-electron chi connectivity index (χ3n) is 5.24. The number of nitrogens with zero attached hydrogens (tertiary/aromatic N) is 3. The molecule has 3 rings (SSSR count). The SMILES string of the molecule is CCS(=O)(=O)CCNc1cc(C(=O)NC[C@H](O)CN2CCc3ccccc3C2)ncn1. The van der Waals surface area contributed by atoms with E-state index in [2.05, 4.69) is 37.6 Å². The average Bonchev–Trinajstić information content (AvgIpc) is 2.77. The maximum absolute atomic E-state index is 12.4. The molecule has 0 fully saturated rings. The molecule has 0 saturated heterocycles. The van der Waals surface area contributed by atoms with Crippen LogP contribution in [-0.4, -0.2) is 78.1 Å². The summed E-state index contributed by atoms with van der Waals surface area (Å²) in [5.74, 6) is 0.0225. The van der Waals surface area contributed by atoms with Crippen LogP contribution >= 0.6 is 0 Å². The van der Waals surface area contributed by atoms with E-state index in [1.165, 1.54) is 23.5 Å². The van der Waals surface area contributed by atoms with Gasteiger partial charge in [0.15, 0.2) is 9.84 Å². The molecule has 3 N–H and O–H groups in total. The van der Waals surface area contributed by atoms with Crippen LogP contribution in [0.3, 0.4) is 0 Å². The van der Waals surface area contributed by atoms with E-state index in [1.807, 2.05) is 12.1 Å². The molecule has 1 aliphatic heterocycles. The first kappa shape index (κ1) is 23.1. The largest absolute Gasteiger partial charge is 0.390 e. The molecule has 1 aromatic carbocycles. The number of aliphatic hydroxyl groups excluding tert-OH is 1. The predicted molar refractivity (Wildman–Crippen MR) is 119 cm³/mol. The molecular weight excluding hydrogens is 418 g/mol. The van der Waals surface area contributed by atoms with Gasteiger partial charge in [0.2, 0.25) is 0 Å². The lowest BCUT2D eigenvalue weighted by atomic mass is 10.00. The lowest BCUT2D eigenvalue weighted by Crippen LogP contribution is -2.42. The quantitative estimate of drug-likeness (QED) is 0.480. The first-order chi connectivity index (χ1) is 14.9. The highest BCUT2D eigenvalue weighted by atomic mass is 32.2. The Balaban J connectivity index is 1.45. The van der Waals surface area contributed by atoms with Crippen LogP contribution in [0.5, 0.6) is 0 Å². The Bertz CT molecular complexity index is 999. The van der Waals surface area contributed by atoms with Crippen molar-refractivity contribution >= 4 is 21.6 Å². The molecule has 0 radical (unpaired) electrons. The van der Waals surface area contributed by atoms with Crippen molar-refractivity contribution in [1.29, 1.82) is 0 Å². The van der Waals surface area contributed by atoms with Gasteiger partial charge in [-0.05, 0) is 17.5 Å². The highest BCUT2D eigenvalue weighted by Gasteiger charge is 2.19. The molecule has 168 valence electrons. The number of anilines is 1. The van der Waals surface area contributed by atoms with Crippen LogP contribution in [0, 0.1) is 0 Å². The van der Waals surface area contributed by atoms with Crippen molar-refractivity contribution in [2.75, 3.05) is 43.0 Å². The first-order valence-corrected chi connectivity index (χ1v) is 12.2. The number of benzene rings is 1. The summed E-state index contributed by atoms with van der Waals surface area (Å²) in [6.45, 7) is 4.04. The van der Waals surface area contributed by atoms with Gasteiger partial charge in [0.25, 0.3) is 5.91 Å².